The molecule has 1 aliphatic heterocycles. The van der Waals surface area contributed by atoms with Crippen LogP contribution in [-0.4, -0.2) is 34.1 Å². The zero-order valence-corrected chi connectivity index (χ0v) is 19.1. The van der Waals surface area contributed by atoms with Gasteiger partial charge in [0.15, 0.2) is 0 Å². The van der Waals surface area contributed by atoms with E-state index in [1.807, 2.05) is 20.8 Å². The van der Waals surface area contributed by atoms with Gasteiger partial charge in [0.05, 0.1) is 28.3 Å². The smallest absolute Gasteiger partial charge is 0.261 e. The molecule has 0 aliphatic carbocycles. The summed E-state index contributed by atoms with van der Waals surface area (Å²) in [6.45, 7) is 12.0. The molecule has 0 aromatic heterocycles. The third-order valence-electron chi connectivity index (χ3n) is 4.98. The fourth-order valence-corrected chi connectivity index (χ4v) is 4.47. The number of fused-ring (bicyclic) bond motifs is 1. The summed E-state index contributed by atoms with van der Waals surface area (Å²) >= 11 is 0. The fourth-order valence-electron chi connectivity index (χ4n) is 3.34. The van der Waals surface area contributed by atoms with Crippen LogP contribution in [0.3, 0.4) is 0 Å². The second-order valence-electron chi connectivity index (χ2n) is 8.03. The number of carbonyl (C=O) groups is 1. The van der Waals surface area contributed by atoms with E-state index in [-0.39, 0.29) is 24.0 Å². The molecule has 2 aromatic carbocycles. The first-order valence-electron chi connectivity index (χ1n) is 10.0. The Morgan fingerprint density at radius 1 is 1.26 bits per heavy atom. The lowest BCUT2D eigenvalue weighted by molar-refractivity contribution is -0.127. The Morgan fingerprint density at radius 2 is 2.00 bits per heavy atom. The Morgan fingerprint density at radius 3 is 2.65 bits per heavy atom. The summed E-state index contributed by atoms with van der Waals surface area (Å²) in [4.78, 5) is 14.7. The summed E-state index contributed by atoms with van der Waals surface area (Å²) in [7, 11) is -3.84. The Labute approximate surface area is 183 Å². The van der Waals surface area contributed by atoms with E-state index in [0.29, 0.717) is 29.5 Å². The standard InChI is InChI=1S/C23H28N2O5S/c1-6-12-25-19-14-17(8-10-21(19)30-15-23(4,5)22(25)26)24-31(27,28)18-9-11-20(29-7-2)16(3)13-18/h6,8-11,13-14,24H,1,7,12,15H2,2-5H3. The summed E-state index contributed by atoms with van der Waals surface area (Å²) < 4.78 is 39.8. The van der Waals surface area contributed by atoms with Crippen molar-refractivity contribution in [3.8, 4) is 11.5 Å². The van der Waals surface area contributed by atoms with E-state index in [0.717, 1.165) is 5.56 Å². The summed E-state index contributed by atoms with van der Waals surface area (Å²) in [6.07, 6.45) is 1.63. The quantitative estimate of drug-likeness (QED) is 0.649. The third-order valence-corrected chi connectivity index (χ3v) is 6.36. The van der Waals surface area contributed by atoms with Crippen molar-refractivity contribution in [1.82, 2.24) is 0 Å². The molecule has 31 heavy (non-hydrogen) atoms. The minimum absolute atomic E-state index is 0.117. The van der Waals surface area contributed by atoms with E-state index in [1.54, 1.807) is 48.2 Å². The molecule has 1 amide bonds. The summed E-state index contributed by atoms with van der Waals surface area (Å²) in [6, 6.07) is 9.61. The minimum atomic E-state index is -3.84. The van der Waals surface area contributed by atoms with Crippen LogP contribution in [0, 0.1) is 12.3 Å². The molecule has 2 aromatic rings. The summed E-state index contributed by atoms with van der Waals surface area (Å²) in [5.74, 6) is 1.04. The Bertz CT molecular complexity index is 1110. The number of benzene rings is 2. The molecule has 1 N–H and O–H groups in total. The molecule has 8 heteroatoms. The maximum absolute atomic E-state index is 13.0. The SMILES string of the molecule is C=CCN1C(=O)C(C)(C)COc2ccc(NS(=O)(=O)c3ccc(OCC)c(C)c3)cc21. The molecule has 1 aliphatic rings. The number of ether oxygens (including phenoxy) is 2. The van der Waals surface area contributed by atoms with Crippen LogP contribution < -0.4 is 19.1 Å². The highest BCUT2D eigenvalue weighted by Crippen LogP contribution is 2.38. The van der Waals surface area contributed by atoms with Gasteiger partial charge in [0.25, 0.3) is 10.0 Å². The number of hydrogen-bond acceptors (Lipinski definition) is 5. The second-order valence-corrected chi connectivity index (χ2v) is 9.71. The van der Waals surface area contributed by atoms with Crippen molar-refractivity contribution >= 4 is 27.3 Å². The molecule has 0 saturated heterocycles. The zero-order chi connectivity index (χ0) is 22.8. The molecule has 0 fully saturated rings. The summed E-state index contributed by atoms with van der Waals surface area (Å²) in [5.41, 5.74) is 0.834. The average Bonchev–Trinajstić information content (AvgIpc) is 2.80. The third kappa shape index (κ3) is 4.69. The van der Waals surface area contributed by atoms with E-state index in [9.17, 15) is 13.2 Å². The van der Waals surface area contributed by atoms with Crippen molar-refractivity contribution in [3.05, 3.63) is 54.6 Å². The van der Waals surface area contributed by atoms with Gasteiger partial charge in [-0.05, 0) is 69.7 Å². The number of amides is 1. The Hall–Kier alpha value is -3.00. The van der Waals surface area contributed by atoms with E-state index in [1.165, 1.54) is 6.07 Å². The maximum atomic E-state index is 13.0. The van der Waals surface area contributed by atoms with E-state index < -0.39 is 15.4 Å². The fraction of sp³-hybridized carbons (Fsp3) is 0.348. The molecule has 0 radical (unpaired) electrons. The molecule has 166 valence electrons. The topological polar surface area (TPSA) is 84.9 Å². The van der Waals surface area contributed by atoms with Crippen molar-refractivity contribution in [1.29, 1.82) is 0 Å². The number of anilines is 2. The number of aryl methyl sites for hydroxylation is 1. The van der Waals surface area contributed by atoms with Gasteiger partial charge in [-0.3, -0.25) is 9.52 Å². The molecule has 0 unspecified atom stereocenters. The number of nitrogens with one attached hydrogen (secondary N) is 1. The predicted octanol–water partition coefficient (Wildman–Crippen LogP) is 4.13. The van der Waals surface area contributed by atoms with Crippen LogP contribution in [0.2, 0.25) is 0 Å². The first kappa shape index (κ1) is 22.7. The van der Waals surface area contributed by atoms with Crippen molar-refractivity contribution < 1.29 is 22.7 Å². The number of carbonyl (C=O) groups excluding carboxylic acids is 1. The lowest BCUT2D eigenvalue weighted by atomic mass is 9.93. The van der Waals surface area contributed by atoms with E-state index in [4.69, 9.17) is 9.47 Å². The van der Waals surface area contributed by atoms with Gasteiger partial charge >= 0.3 is 0 Å². The minimum Gasteiger partial charge on any atom is -0.494 e. The van der Waals surface area contributed by atoms with Gasteiger partial charge in [-0.25, -0.2) is 8.42 Å². The van der Waals surface area contributed by atoms with Crippen LogP contribution in [0.1, 0.15) is 26.3 Å². The largest absolute Gasteiger partial charge is 0.494 e. The highest BCUT2D eigenvalue weighted by Gasteiger charge is 2.37. The van der Waals surface area contributed by atoms with Crippen molar-refractivity contribution in [2.45, 2.75) is 32.6 Å². The normalized spacial score (nSPS) is 15.5. The van der Waals surface area contributed by atoms with Crippen molar-refractivity contribution in [2.24, 2.45) is 5.41 Å². The van der Waals surface area contributed by atoms with Crippen LogP contribution in [0.5, 0.6) is 11.5 Å². The molecule has 3 rings (SSSR count). The molecule has 0 saturated carbocycles. The van der Waals surface area contributed by atoms with Crippen LogP contribution >= 0.6 is 0 Å². The van der Waals surface area contributed by atoms with Crippen LogP contribution in [-0.2, 0) is 14.8 Å². The molecule has 1 heterocycles. The Kier molecular flexibility index (Phi) is 6.31. The molecular formula is C23H28N2O5S. The van der Waals surface area contributed by atoms with Gasteiger partial charge in [-0.1, -0.05) is 6.08 Å². The van der Waals surface area contributed by atoms with Gasteiger partial charge in [-0.2, -0.15) is 0 Å². The highest BCUT2D eigenvalue weighted by molar-refractivity contribution is 7.92. The molecule has 0 spiro atoms. The first-order chi connectivity index (χ1) is 14.6. The Balaban J connectivity index is 1.95. The van der Waals surface area contributed by atoms with Gasteiger partial charge in [0.2, 0.25) is 5.91 Å². The lowest BCUT2D eigenvalue weighted by Crippen LogP contribution is -2.42. The monoisotopic (exact) mass is 444 g/mol. The predicted molar refractivity (Wildman–Crippen MR) is 121 cm³/mol. The number of rotatable bonds is 7. The van der Waals surface area contributed by atoms with Crippen LogP contribution in [0.25, 0.3) is 0 Å². The average molecular weight is 445 g/mol. The number of nitrogens with zero attached hydrogens (tertiary/aromatic N) is 1. The zero-order valence-electron chi connectivity index (χ0n) is 18.3. The molecular weight excluding hydrogens is 416 g/mol. The molecule has 0 atom stereocenters. The van der Waals surface area contributed by atoms with Gasteiger partial charge in [0.1, 0.15) is 18.1 Å². The van der Waals surface area contributed by atoms with Gasteiger partial charge in [-0.15, -0.1) is 6.58 Å². The van der Waals surface area contributed by atoms with Crippen LogP contribution in [0.15, 0.2) is 53.9 Å². The van der Waals surface area contributed by atoms with Crippen molar-refractivity contribution in [3.63, 3.8) is 0 Å². The first-order valence-corrected chi connectivity index (χ1v) is 11.5. The number of hydrogen-bond donors (Lipinski definition) is 1. The molecule has 7 nitrogen and oxygen atoms in total. The van der Waals surface area contributed by atoms with Gasteiger partial charge < -0.3 is 14.4 Å². The highest BCUT2D eigenvalue weighted by atomic mass is 32.2. The second kappa shape index (κ2) is 8.63. The molecule has 0 bridgehead atoms. The van der Waals surface area contributed by atoms with E-state index in [2.05, 4.69) is 11.3 Å². The maximum Gasteiger partial charge on any atom is 0.261 e. The lowest BCUT2D eigenvalue weighted by Gasteiger charge is -2.27. The van der Waals surface area contributed by atoms with Crippen LogP contribution in [0.4, 0.5) is 11.4 Å². The van der Waals surface area contributed by atoms with Crippen molar-refractivity contribution in [2.75, 3.05) is 29.4 Å². The van der Waals surface area contributed by atoms with E-state index >= 15 is 0 Å². The summed E-state index contributed by atoms with van der Waals surface area (Å²) in [5, 5.41) is 0. The van der Waals surface area contributed by atoms with Gasteiger partial charge in [0, 0.05) is 6.54 Å². The number of sulfonamides is 1.